The summed E-state index contributed by atoms with van der Waals surface area (Å²) in [6.45, 7) is -0.0222. The lowest BCUT2D eigenvalue weighted by Gasteiger charge is -2.09. The molecule has 0 aliphatic heterocycles. The fourth-order valence-electron chi connectivity index (χ4n) is 1.67. The summed E-state index contributed by atoms with van der Waals surface area (Å²) < 4.78 is 38.9. The Hall–Kier alpha value is -2.28. The zero-order chi connectivity index (χ0) is 15.6. The van der Waals surface area contributed by atoms with Crippen molar-refractivity contribution in [1.82, 2.24) is 0 Å². The van der Waals surface area contributed by atoms with Crippen LogP contribution in [0.25, 0.3) is 0 Å². The summed E-state index contributed by atoms with van der Waals surface area (Å²) >= 11 is 5.85. The molecule has 0 bridgehead atoms. The Kier molecular flexibility index (Phi) is 4.32. The highest BCUT2D eigenvalue weighted by atomic mass is 35.5. The van der Waals surface area contributed by atoms with Gasteiger partial charge in [0.25, 0.3) is 5.69 Å². The van der Waals surface area contributed by atoms with E-state index in [9.17, 15) is 23.3 Å². The molecule has 0 radical (unpaired) electrons. The average molecular weight is 317 g/mol. The fourth-order valence-corrected chi connectivity index (χ4v) is 1.91. The Morgan fingerprint density at radius 2 is 1.76 bits per heavy atom. The Bertz CT molecular complexity index is 687. The fraction of sp³-hybridized carbons (Fsp3) is 0.0769. The molecule has 0 aliphatic carbocycles. The third-order valence-corrected chi connectivity index (χ3v) is 3.00. The van der Waals surface area contributed by atoms with Crippen LogP contribution in [0.15, 0.2) is 30.3 Å². The lowest BCUT2D eigenvalue weighted by molar-refractivity contribution is -0.384. The number of nitro benzene ring substituents is 1. The molecule has 0 spiro atoms. The molecule has 2 rings (SSSR count). The molecule has 0 atom stereocenters. The lowest BCUT2D eigenvalue weighted by Crippen LogP contribution is -2.03. The first-order valence-electron chi connectivity index (χ1n) is 5.69. The molecule has 0 amide bonds. The second-order valence-corrected chi connectivity index (χ2v) is 4.56. The molecule has 0 aromatic heterocycles. The van der Waals surface area contributed by atoms with Gasteiger partial charge in [0.1, 0.15) is 0 Å². The van der Waals surface area contributed by atoms with Gasteiger partial charge in [0.2, 0.25) is 0 Å². The summed E-state index contributed by atoms with van der Waals surface area (Å²) in [5.74, 6) is -4.12. The highest BCUT2D eigenvalue weighted by Gasteiger charge is 2.12. The predicted molar refractivity (Wildman–Crippen MR) is 71.7 cm³/mol. The van der Waals surface area contributed by atoms with Crippen molar-refractivity contribution < 1.29 is 18.1 Å². The van der Waals surface area contributed by atoms with Crippen LogP contribution in [0.5, 0.6) is 0 Å². The average Bonchev–Trinajstić information content (AvgIpc) is 2.43. The van der Waals surface area contributed by atoms with E-state index in [1.165, 1.54) is 12.1 Å². The van der Waals surface area contributed by atoms with Gasteiger partial charge >= 0.3 is 0 Å². The number of hydrogen-bond acceptors (Lipinski definition) is 3. The van der Waals surface area contributed by atoms with E-state index in [2.05, 4.69) is 5.32 Å². The van der Waals surface area contributed by atoms with E-state index in [1.807, 2.05) is 0 Å². The van der Waals surface area contributed by atoms with Crippen molar-refractivity contribution in [2.75, 3.05) is 5.32 Å². The van der Waals surface area contributed by atoms with E-state index in [0.29, 0.717) is 5.69 Å². The van der Waals surface area contributed by atoms with Crippen molar-refractivity contribution in [2.24, 2.45) is 0 Å². The number of halogens is 4. The lowest BCUT2D eigenvalue weighted by atomic mass is 10.2. The zero-order valence-electron chi connectivity index (χ0n) is 10.4. The first-order chi connectivity index (χ1) is 9.88. The number of hydrogen-bond donors (Lipinski definition) is 1. The van der Waals surface area contributed by atoms with Gasteiger partial charge in [-0.05, 0) is 23.8 Å². The maximum atomic E-state index is 13.0. The van der Waals surface area contributed by atoms with Crippen LogP contribution in [-0.2, 0) is 6.54 Å². The molecule has 8 heteroatoms. The quantitative estimate of drug-likeness (QED) is 0.520. The van der Waals surface area contributed by atoms with Crippen LogP contribution in [0.3, 0.4) is 0 Å². The summed E-state index contributed by atoms with van der Waals surface area (Å²) in [6, 6.07) is 5.46. The number of nitrogens with one attached hydrogen (secondary N) is 1. The largest absolute Gasteiger partial charge is 0.380 e. The van der Waals surface area contributed by atoms with Gasteiger partial charge in [0.05, 0.1) is 15.6 Å². The molecule has 0 heterocycles. The number of benzene rings is 2. The standard InChI is InChI=1S/C13H8ClF3N2O2/c14-9-5-8(19(20)21)1-2-12(9)18-6-7-3-10(15)13(17)11(16)4-7/h1-5,18H,6H2. The highest BCUT2D eigenvalue weighted by molar-refractivity contribution is 6.33. The molecule has 2 aromatic rings. The smallest absolute Gasteiger partial charge is 0.271 e. The van der Waals surface area contributed by atoms with Crippen molar-refractivity contribution in [2.45, 2.75) is 6.54 Å². The van der Waals surface area contributed by atoms with Crippen molar-refractivity contribution in [3.63, 3.8) is 0 Å². The third kappa shape index (κ3) is 3.43. The van der Waals surface area contributed by atoms with Crippen molar-refractivity contribution in [3.8, 4) is 0 Å². The van der Waals surface area contributed by atoms with Gasteiger partial charge in [-0.25, -0.2) is 13.2 Å². The molecular formula is C13H8ClF3N2O2. The summed E-state index contributed by atoms with van der Waals surface area (Å²) in [6.07, 6.45) is 0. The van der Waals surface area contributed by atoms with Crippen LogP contribution in [0.4, 0.5) is 24.5 Å². The number of nitrogens with zero attached hydrogens (tertiary/aromatic N) is 1. The van der Waals surface area contributed by atoms with Gasteiger partial charge in [-0.1, -0.05) is 11.6 Å². The van der Waals surface area contributed by atoms with Gasteiger partial charge in [-0.15, -0.1) is 0 Å². The van der Waals surface area contributed by atoms with Crippen molar-refractivity contribution in [3.05, 3.63) is 68.5 Å². The predicted octanol–water partition coefficient (Wildman–Crippen LogP) is 4.28. The molecule has 2 aromatic carbocycles. The normalized spacial score (nSPS) is 10.5. The number of nitro groups is 1. The summed E-state index contributed by atoms with van der Waals surface area (Å²) in [7, 11) is 0. The van der Waals surface area contributed by atoms with E-state index in [4.69, 9.17) is 11.6 Å². The summed E-state index contributed by atoms with van der Waals surface area (Å²) in [5, 5.41) is 13.4. The first kappa shape index (κ1) is 15.1. The van der Waals surface area contributed by atoms with Crippen LogP contribution in [0.2, 0.25) is 5.02 Å². The minimum absolute atomic E-state index is 0.0222. The summed E-state index contributed by atoms with van der Waals surface area (Å²) in [5.41, 5.74) is 0.345. The summed E-state index contributed by atoms with van der Waals surface area (Å²) in [4.78, 5) is 9.96. The second kappa shape index (κ2) is 6.01. The van der Waals surface area contributed by atoms with Crippen molar-refractivity contribution in [1.29, 1.82) is 0 Å². The minimum Gasteiger partial charge on any atom is -0.380 e. The van der Waals surface area contributed by atoms with Gasteiger partial charge in [-0.2, -0.15) is 0 Å². The Morgan fingerprint density at radius 1 is 1.14 bits per heavy atom. The Morgan fingerprint density at radius 3 is 2.29 bits per heavy atom. The van der Waals surface area contributed by atoms with E-state index in [0.717, 1.165) is 18.2 Å². The number of anilines is 1. The van der Waals surface area contributed by atoms with Crippen LogP contribution < -0.4 is 5.32 Å². The molecule has 0 saturated carbocycles. The number of non-ortho nitro benzene ring substituents is 1. The van der Waals surface area contributed by atoms with Gasteiger partial charge in [-0.3, -0.25) is 10.1 Å². The molecule has 0 aliphatic rings. The first-order valence-corrected chi connectivity index (χ1v) is 6.07. The molecule has 21 heavy (non-hydrogen) atoms. The minimum atomic E-state index is -1.54. The monoisotopic (exact) mass is 316 g/mol. The Labute approximate surface area is 122 Å². The highest BCUT2D eigenvalue weighted by Crippen LogP contribution is 2.27. The van der Waals surface area contributed by atoms with E-state index in [1.54, 1.807) is 0 Å². The second-order valence-electron chi connectivity index (χ2n) is 4.15. The molecule has 4 nitrogen and oxygen atoms in total. The zero-order valence-corrected chi connectivity index (χ0v) is 11.1. The van der Waals surface area contributed by atoms with Gasteiger partial charge in [0, 0.05) is 18.7 Å². The third-order valence-electron chi connectivity index (χ3n) is 2.69. The molecule has 1 N–H and O–H groups in total. The van der Waals surface area contributed by atoms with Gasteiger partial charge < -0.3 is 5.32 Å². The van der Waals surface area contributed by atoms with E-state index >= 15 is 0 Å². The van der Waals surface area contributed by atoms with E-state index < -0.39 is 22.4 Å². The van der Waals surface area contributed by atoms with Gasteiger partial charge in [0.15, 0.2) is 17.5 Å². The number of rotatable bonds is 4. The van der Waals surface area contributed by atoms with E-state index in [-0.39, 0.29) is 22.8 Å². The maximum Gasteiger partial charge on any atom is 0.271 e. The van der Waals surface area contributed by atoms with Crippen LogP contribution in [0, 0.1) is 27.6 Å². The SMILES string of the molecule is O=[N+]([O-])c1ccc(NCc2cc(F)c(F)c(F)c2)c(Cl)c1. The Balaban J connectivity index is 2.15. The maximum absolute atomic E-state index is 13.0. The molecular weight excluding hydrogens is 309 g/mol. The van der Waals surface area contributed by atoms with Crippen LogP contribution >= 0.6 is 11.6 Å². The molecule has 0 unspecified atom stereocenters. The molecule has 0 saturated heterocycles. The molecule has 110 valence electrons. The van der Waals surface area contributed by atoms with Crippen LogP contribution in [0.1, 0.15) is 5.56 Å². The molecule has 0 fully saturated rings. The topological polar surface area (TPSA) is 55.2 Å². The van der Waals surface area contributed by atoms with Crippen LogP contribution in [-0.4, -0.2) is 4.92 Å². The van der Waals surface area contributed by atoms with Crippen molar-refractivity contribution >= 4 is 23.0 Å².